The van der Waals surface area contributed by atoms with Gasteiger partial charge in [-0.1, -0.05) is 11.6 Å². The smallest absolute Gasteiger partial charge is 0.308 e. The Labute approximate surface area is 119 Å². The minimum absolute atomic E-state index is 0.221. The highest BCUT2D eigenvalue weighted by Gasteiger charge is 2.15. The number of ether oxygens (including phenoxy) is 2. The molecule has 0 saturated heterocycles. The van der Waals surface area contributed by atoms with Crippen molar-refractivity contribution in [1.82, 2.24) is 0 Å². The first kappa shape index (κ1) is 15.6. The summed E-state index contributed by atoms with van der Waals surface area (Å²) in [6, 6.07) is 5.37. The van der Waals surface area contributed by atoms with Crippen molar-refractivity contribution >= 4 is 23.3 Å². The quantitative estimate of drug-likeness (QED) is 0.841. The van der Waals surface area contributed by atoms with Crippen LogP contribution in [0.4, 0.5) is 5.69 Å². The lowest BCUT2D eigenvalue weighted by Gasteiger charge is -2.19. The second kappa shape index (κ2) is 6.66. The lowest BCUT2D eigenvalue weighted by Crippen LogP contribution is -2.25. The number of hydrogen-bond acceptors (Lipinski definition) is 4. The maximum atomic E-state index is 11.5. The lowest BCUT2D eigenvalue weighted by molar-refractivity contribution is -0.154. The molecule has 0 aromatic heterocycles. The molecule has 19 heavy (non-hydrogen) atoms. The fourth-order valence-electron chi connectivity index (χ4n) is 1.47. The molecule has 5 heteroatoms. The average Bonchev–Trinajstić information content (AvgIpc) is 2.29. The lowest BCUT2D eigenvalue weighted by atomic mass is 10.2. The van der Waals surface area contributed by atoms with Crippen LogP contribution in [0.3, 0.4) is 0 Å². The number of methoxy groups -OCH3 is 1. The Morgan fingerprint density at radius 3 is 2.63 bits per heavy atom. The van der Waals surface area contributed by atoms with Crippen LogP contribution in [0.5, 0.6) is 5.75 Å². The molecule has 4 nitrogen and oxygen atoms in total. The maximum Gasteiger partial charge on any atom is 0.308 e. The van der Waals surface area contributed by atoms with Crippen molar-refractivity contribution in [3.05, 3.63) is 23.2 Å². The van der Waals surface area contributed by atoms with Gasteiger partial charge in [-0.15, -0.1) is 0 Å². The Morgan fingerprint density at radius 2 is 2.05 bits per heavy atom. The zero-order valence-corrected chi connectivity index (χ0v) is 12.5. The third-order valence-electron chi connectivity index (χ3n) is 2.23. The number of halogens is 1. The Morgan fingerprint density at radius 1 is 1.37 bits per heavy atom. The van der Waals surface area contributed by atoms with E-state index in [1.54, 1.807) is 19.2 Å². The second-order valence-electron chi connectivity index (χ2n) is 5.11. The zero-order valence-electron chi connectivity index (χ0n) is 11.7. The van der Waals surface area contributed by atoms with Gasteiger partial charge < -0.3 is 14.8 Å². The summed E-state index contributed by atoms with van der Waals surface area (Å²) in [5.74, 6) is 0.380. The Balaban J connectivity index is 2.43. The van der Waals surface area contributed by atoms with Gasteiger partial charge in [-0.3, -0.25) is 4.79 Å². The molecule has 0 aliphatic carbocycles. The number of esters is 1. The van der Waals surface area contributed by atoms with Crippen LogP contribution >= 0.6 is 11.6 Å². The SMILES string of the molecule is COc1cc(NCCC(=O)OC(C)(C)C)ccc1Cl. The first-order valence-electron chi connectivity index (χ1n) is 6.11. The molecule has 0 aliphatic rings. The van der Waals surface area contributed by atoms with Gasteiger partial charge in [0.1, 0.15) is 11.4 Å². The zero-order chi connectivity index (χ0) is 14.5. The van der Waals surface area contributed by atoms with E-state index in [2.05, 4.69) is 5.32 Å². The summed E-state index contributed by atoms with van der Waals surface area (Å²) in [7, 11) is 1.56. The molecule has 0 atom stereocenters. The average molecular weight is 286 g/mol. The Hall–Kier alpha value is -1.42. The largest absolute Gasteiger partial charge is 0.495 e. The highest BCUT2D eigenvalue weighted by atomic mass is 35.5. The van der Waals surface area contributed by atoms with Crippen LogP contribution in [0.25, 0.3) is 0 Å². The molecule has 0 bridgehead atoms. The number of hydrogen-bond donors (Lipinski definition) is 1. The molecule has 0 fully saturated rings. The van der Waals surface area contributed by atoms with E-state index in [9.17, 15) is 4.79 Å². The molecular formula is C14H20ClNO3. The molecule has 1 aromatic rings. The van der Waals surface area contributed by atoms with Crippen LogP contribution in [0.2, 0.25) is 5.02 Å². The first-order chi connectivity index (χ1) is 8.81. The molecule has 1 aromatic carbocycles. The number of nitrogens with one attached hydrogen (secondary N) is 1. The van der Waals surface area contributed by atoms with Crippen molar-refractivity contribution in [2.75, 3.05) is 19.0 Å². The van der Waals surface area contributed by atoms with E-state index < -0.39 is 5.60 Å². The van der Waals surface area contributed by atoms with Gasteiger partial charge in [0.25, 0.3) is 0 Å². The molecule has 0 amide bonds. The van der Waals surface area contributed by atoms with E-state index in [1.807, 2.05) is 26.8 Å². The number of carbonyl (C=O) groups excluding carboxylic acids is 1. The van der Waals surface area contributed by atoms with Gasteiger partial charge in [0.05, 0.1) is 18.6 Å². The van der Waals surface area contributed by atoms with Crippen molar-refractivity contribution in [3.8, 4) is 5.75 Å². The molecule has 0 unspecified atom stereocenters. The highest BCUT2D eigenvalue weighted by Crippen LogP contribution is 2.27. The van der Waals surface area contributed by atoms with Gasteiger partial charge in [-0.05, 0) is 32.9 Å². The summed E-state index contributed by atoms with van der Waals surface area (Å²) < 4.78 is 10.3. The first-order valence-corrected chi connectivity index (χ1v) is 6.49. The third-order valence-corrected chi connectivity index (χ3v) is 2.54. The minimum Gasteiger partial charge on any atom is -0.495 e. The Bertz CT molecular complexity index is 441. The van der Waals surface area contributed by atoms with Gasteiger partial charge in [0, 0.05) is 18.3 Å². The van der Waals surface area contributed by atoms with Crippen LogP contribution in [0.1, 0.15) is 27.2 Å². The summed E-state index contributed by atoms with van der Waals surface area (Å²) in [4.78, 5) is 11.5. The van der Waals surface area contributed by atoms with E-state index in [0.29, 0.717) is 23.7 Å². The van der Waals surface area contributed by atoms with Gasteiger partial charge in [0.2, 0.25) is 0 Å². The minimum atomic E-state index is -0.444. The van der Waals surface area contributed by atoms with Crippen molar-refractivity contribution in [3.63, 3.8) is 0 Å². The Kier molecular flexibility index (Phi) is 5.48. The fourth-order valence-corrected chi connectivity index (χ4v) is 1.67. The van der Waals surface area contributed by atoms with E-state index in [0.717, 1.165) is 5.69 Å². The summed E-state index contributed by atoms with van der Waals surface area (Å²) in [5, 5.41) is 3.68. The molecule has 0 aliphatic heterocycles. The van der Waals surface area contributed by atoms with Crippen molar-refractivity contribution in [1.29, 1.82) is 0 Å². The van der Waals surface area contributed by atoms with E-state index in [-0.39, 0.29) is 5.97 Å². The second-order valence-corrected chi connectivity index (χ2v) is 5.52. The van der Waals surface area contributed by atoms with Crippen LogP contribution < -0.4 is 10.1 Å². The highest BCUT2D eigenvalue weighted by molar-refractivity contribution is 6.32. The molecule has 106 valence electrons. The molecule has 0 radical (unpaired) electrons. The third kappa shape index (κ3) is 5.83. The summed E-state index contributed by atoms with van der Waals surface area (Å²) in [6.45, 7) is 6.05. The van der Waals surface area contributed by atoms with Crippen molar-refractivity contribution in [2.45, 2.75) is 32.8 Å². The van der Waals surface area contributed by atoms with Crippen LogP contribution in [0.15, 0.2) is 18.2 Å². The van der Waals surface area contributed by atoms with Crippen LogP contribution in [-0.2, 0) is 9.53 Å². The van der Waals surface area contributed by atoms with Crippen LogP contribution in [-0.4, -0.2) is 25.2 Å². The predicted octanol–water partition coefficient (Wildman–Crippen LogP) is 3.49. The van der Waals surface area contributed by atoms with Gasteiger partial charge in [-0.25, -0.2) is 0 Å². The summed E-state index contributed by atoms with van der Waals surface area (Å²) in [5.41, 5.74) is 0.408. The molecule has 1 rings (SSSR count). The molecular weight excluding hydrogens is 266 g/mol. The van der Waals surface area contributed by atoms with Gasteiger partial charge >= 0.3 is 5.97 Å². The number of anilines is 1. The molecule has 1 N–H and O–H groups in total. The predicted molar refractivity (Wildman–Crippen MR) is 77.0 cm³/mol. The van der Waals surface area contributed by atoms with Gasteiger partial charge in [-0.2, -0.15) is 0 Å². The normalized spacial score (nSPS) is 11.0. The summed E-state index contributed by atoms with van der Waals surface area (Å²) in [6.07, 6.45) is 0.308. The molecule has 0 spiro atoms. The topological polar surface area (TPSA) is 47.6 Å². The number of carbonyl (C=O) groups is 1. The van der Waals surface area contributed by atoms with E-state index in [4.69, 9.17) is 21.1 Å². The molecule has 0 saturated carbocycles. The van der Waals surface area contributed by atoms with Crippen LogP contribution in [0, 0.1) is 0 Å². The molecule has 0 heterocycles. The summed E-state index contributed by atoms with van der Waals surface area (Å²) >= 11 is 5.93. The van der Waals surface area contributed by atoms with Crippen molar-refractivity contribution < 1.29 is 14.3 Å². The standard InChI is InChI=1S/C14H20ClNO3/c1-14(2,3)19-13(17)7-8-16-10-5-6-11(15)12(9-10)18-4/h5-6,9,16H,7-8H2,1-4H3. The fraction of sp³-hybridized carbons (Fsp3) is 0.500. The number of benzene rings is 1. The maximum absolute atomic E-state index is 11.5. The van der Waals surface area contributed by atoms with Gasteiger partial charge in [0.15, 0.2) is 0 Å². The van der Waals surface area contributed by atoms with E-state index >= 15 is 0 Å². The number of rotatable bonds is 5. The van der Waals surface area contributed by atoms with E-state index in [1.165, 1.54) is 0 Å². The van der Waals surface area contributed by atoms with Crippen molar-refractivity contribution in [2.24, 2.45) is 0 Å². The monoisotopic (exact) mass is 285 g/mol.